The van der Waals surface area contributed by atoms with Gasteiger partial charge in [-0.15, -0.1) is 0 Å². The van der Waals surface area contributed by atoms with Gasteiger partial charge in [-0.05, 0) is 42.3 Å². The van der Waals surface area contributed by atoms with Crippen molar-refractivity contribution in [2.24, 2.45) is 0 Å². The van der Waals surface area contributed by atoms with Gasteiger partial charge in [0.05, 0.1) is 20.8 Å². The zero-order valence-corrected chi connectivity index (χ0v) is 16.9. The molecular weight excluding hydrogens is 396 g/mol. The van der Waals surface area contributed by atoms with Crippen LogP contribution >= 0.6 is 15.9 Å². The third kappa shape index (κ3) is 4.19. The highest BCUT2D eigenvalue weighted by molar-refractivity contribution is 9.10. The van der Waals surface area contributed by atoms with Crippen LogP contribution in [0.1, 0.15) is 16.7 Å². The lowest BCUT2D eigenvalue weighted by Crippen LogP contribution is -3.12. The van der Waals surface area contributed by atoms with E-state index in [0.717, 1.165) is 46.7 Å². The second-order valence-electron chi connectivity index (χ2n) is 6.59. The van der Waals surface area contributed by atoms with Gasteiger partial charge in [-0.1, -0.05) is 22.0 Å². The molecule has 2 aromatic carbocycles. The van der Waals surface area contributed by atoms with E-state index >= 15 is 0 Å². The van der Waals surface area contributed by atoms with Crippen LogP contribution in [0.15, 0.2) is 34.8 Å². The van der Waals surface area contributed by atoms with Crippen molar-refractivity contribution < 1.29 is 19.2 Å². The van der Waals surface area contributed by atoms with E-state index in [2.05, 4.69) is 27.3 Å². The highest BCUT2D eigenvalue weighted by atomic mass is 79.9. The van der Waals surface area contributed by atoms with E-state index < -0.39 is 0 Å². The Morgan fingerprint density at radius 2 is 1.85 bits per heavy atom. The molecule has 0 bridgehead atoms. The zero-order valence-electron chi connectivity index (χ0n) is 15.3. The molecule has 138 valence electrons. The molecule has 1 heterocycles. The first-order valence-electron chi connectivity index (χ1n) is 8.63. The maximum atomic E-state index is 12.4. The van der Waals surface area contributed by atoms with Gasteiger partial charge in [-0.3, -0.25) is 4.79 Å². The normalized spacial score (nSPS) is 15.9. The number of methoxy groups -OCH3 is 2. The molecule has 0 aliphatic carbocycles. The number of halogens is 1. The van der Waals surface area contributed by atoms with Crippen molar-refractivity contribution in [1.82, 2.24) is 0 Å². The first-order valence-corrected chi connectivity index (χ1v) is 9.42. The van der Waals surface area contributed by atoms with Crippen LogP contribution in [0.5, 0.6) is 11.5 Å². The van der Waals surface area contributed by atoms with Gasteiger partial charge in [-0.2, -0.15) is 0 Å². The lowest BCUT2D eigenvalue weighted by atomic mass is 9.99. The Morgan fingerprint density at radius 1 is 1.15 bits per heavy atom. The van der Waals surface area contributed by atoms with Gasteiger partial charge in [0.15, 0.2) is 18.0 Å². The quantitative estimate of drug-likeness (QED) is 0.781. The van der Waals surface area contributed by atoms with Gasteiger partial charge < -0.3 is 19.7 Å². The molecule has 1 aliphatic rings. The fourth-order valence-electron chi connectivity index (χ4n) is 3.28. The first kappa shape index (κ1) is 18.7. The van der Waals surface area contributed by atoms with Gasteiger partial charge in [-0.25, -0.2) is 0 Å². The number of hydrogen-bond donors (Lipinski definition) is 2. The molecule has 0 radical (unpaired) electrons. The summed E-state index contributed by atoms with van der Waals surface area (Å²) in [5, 5.41) is 2.99. The molecule has 0 spiro atoms. The third-order valence-electron chi connectivity index (χ3n) is 4.76. The van der Waals surface area contributed by atoms with Crippen molar-refractivity contribution in [3.05, 3.63) is 51.5 Å². The Bertz CT molecular complexity index is 823. The summed E-state index contributed by atoms with van der Waals surface area (Å²) in [4.78, 5) is 13.7. The molecular formula is C20H24BrN2O3+. The van der Waals surface area contributed by atoms with E-state index in [0.29, 0.717) is 6.54 Å². The molecule has 0 saturated carbocycles. The molecule has 6 heteroatoms. The summed E-state index contributed by atoms with van der Waals surface area (Å²) in [5.41, 5.74) is 4.45. The van der Waals surface area contributed by atoms with Crippen LogP contribution in [-0.2, 0) is 17.8 Å². The smallest absolute Gasteiger partial charge is 0.279 e. The minimum absolute atomic E-state index is 0.0275. The fourth-order valence-corrected chi connectivity index (χ4v) is 3.66. The molecule has 2 aromatic rings. The number of carbonyl (C=O) groups is 1. The second-order valence-corrected chi connectivity index (χ2v) is 7.45. The summed E-state index contributed by atoms with van der Waals surface area (Å²) >= 11 is 3.50. The largest absolute Gasteiger partial charge is 0.493 e. The van der Waals surface area contributed by atoms with Crippen LogP contribution in [0.4, 0.5) is 5.69 Å². The van der Waals surface area contributed by atoms with Crippen LogP contribution in [0.2, 0.25) is 0 Å². The van der Waals surface area contributed by atoms with Crippen LogP contribution < -0.4 is 19.7 Å². The molecule has 1 aliphatic heterocycles. The van der Waals surface area contributed by atoms with Crippen LogP contribution in [0, 0.1) is 6.92 Å². The number of ether oxygens (including phenoxy) is 2. The van der Waals surface area contributed by atoms with Gasteiger partial charge in [0.25, 0.3) is 5.91 Å². The lowest BCUT2D eigenvalue weighted by molar-refractivity contribution is -0.907. The summed E-state index contributed by atoms with van der Waals surface area (Å²) in [6.45, 7) is 4.20. The van der Waals surface area contributed by atoms with E-state index in [-0.39, 0.29) is 5.91 Å². The summed E-state index contributed by atoms with van der Waals surface area (Å²) in [7, 11) is 3.29. The fraction of sp³-hybridized carbons (Fsp3) is 0.350. The summed E-state index contributed by atoms with van der Waals surface area (Å²) in [6, 6.07) is 9.93. The van der Waals surface area contributed by atoms with E-state index in [1.807, 2.05) is 31.2 Å². The van der Waals surface area contributed by atoms with Crippen molar-refractivity contribution >= 4 is 27.5 Å². The van der Waals surface area contributed by atoms with Crippen molar-refractivity contribution in [2.45, 2.75) is 19.9 Å². The average molecular weight is 420 g/mol. The maximum absolute atomic E-state index is 12.4. The summed E-state index contributed by atoms with van der Waals surface area (Å²) in [6.07, 6.45) is 0.925. The number of fused-ring (bicyclic) bond motifs is 1. The highest BCUT2D eigenvalue weighted by Gasteiger charge is 2.24. The van der Waals surface area contributed by atoms with Crippen LogP contribution in [0.3, 0.4) is 0 Å². The predicted octanol–water partition coefficient (Wildman–Crippen LogP) is 2.35. The lowest BCUT2D eigenvalue weighted by Gasteiger charge is -2.26. The van der Waals surface area contributed by atoms with Crippen LogP contribution in [0.25, 0.3) is 0 Å². The zero-order chi connectivity index (χ0) is 18.7. The molecule has 26 heavy (non-hydrogen) atoms. The minimum Gasteiger partial charge on any atom is -0.493 e. The first-order chi connectivity index (χ1) is 12.5. The van der Waals surface area contributed by atoms with Crippen molar-refractivity contribution in [1.29, 1.82) is 0 Å². The maximum Gasteiger partial charge on any atom is 0.279 e. The Hall–Kier alpha value is -2.05. The summed E-state index contributed by atoms with van der Waals surface area (Å²) < 4.78 is 11.8. The standard InChI is InChI=1S/C20H23BrN2O3/c1-13-4-5-16(10-17(13)21)22-20(24)12-23-7-6-14-8-18(25-2)19(26-3)9-15(14)11-23/h4-5,8-10H,6-7,11-12H2,1-3H3,(H,22,24)/p+1. The second kappa shape index (κ2) is 8.10. The molecule has 0 aromatic heterocycles. The number of quaternary nitrogens is 1. The van der Waals surface area contributed by atoms with Crippen molar-refractivity contribution in [2.75, 3.05) is 32.6 Å². The molecule has 5 nitrogen and oxygen atoms in total. The molecule has 0 saturated heterocycles. The SMILES string of the molecule is COc1cc2c(cc1OC)C[NH+](CC(=O)Nc1ccc(C)c(Br)c1)CC2. The third-order valence-corrected chi connectivity index (χ3v) is 5.61. The number of aryl methyl sites for hydroxylation is 1. The number of nitrogens with one attached hydrogen (secondary N) is 2. The molecule has 0 fully saturated rings. The Kier molecular flexibility index (Phi) is 5.84. The van der Waals surface area contributed by atoms with E-state index in [1.54, 1.807) is 14.2 Å². The van der Waals surface area contributed by atoms with Crippen molar-refractivity contribution in [3.8, 4) is 11.5 Å². The minimum atomic E-state index is 0.0275. The van der Waals surface area contributed by atoms with Gasteiger partial charge in [0.2, 0.25) is 0 Å². The number of hydrogen-bond acceptors (Lipinski definition) is 3. The summed E-state index contributed by atoms with van der Waals surface area (Å²) in [5.74, 6) is 1.53. The number of carbonyl (C=O) groups excluding carboxylic acids is 1. The van der Waals surface area contributed by atoms with E-state index in [1.165, 1.54) is 16.0 Å². The number of benzene rings is 2. The monoisotopic (exact) mass is 419 g/mol. The predicted molar refractivity (Wildman–Crippen MR) is 105 cm³/mol. The number of amides is 1. The Labute approximate surface area is 162 Å². The molecule has 3 rings (SSSR count). The van der Waals surface area contributed by atoms with E-state index in [4.69, 9.17) is 9.47 Å². The van der Waals surface area contributed by atoms with Gasteiger partial charge in [0, 0.05) is 22.1 Å². The van der Waals surface area contributed by atoms with Gasteiger partial charge >= 0.3 is 0 Å². The van der Waals surface area contributed by atoms with Gasteiger partial charge in [0.1, 0.15) is 6.54 Å². The average Bonchev–Trinajstić information content (AvgIpc) is 2.63. The molecule has 2 N–H and O–H groups in total. The van der Waals surface area contributed by atoms with Crippen LogP contribution in [-0.4, -0.2) is 33.2 Å². The Morgan fingerprint density at radius 3 is 2.50 bits per heavy atom. The number of anilines is 1. The highest BCUT2D eigenvalue weighted by Crippen LogP contribution is 2.31. The molecule has 1 atom stereocenters. The van der Waals surface area contributed by atoms with E-state index in [9.17, 15) is 4.79 Å². The van der Waals surface area contributed by atoms with Crippen molar-refractivity contribution in [3.63, 3.8) is 0 Å². The molecule has 1 unspecified atom stereocenters. The molecule has 1 amide bonds. The Balaban J connectivity index is 1.65. The topological polar surface area (TPSA) is 52.0 Å². The number of rotatable bonds is 5.